The third kappa shape index (κ3) is 2.71. The van der Waals surface area contributed by atoms with Gasteiger partial charge in [0.1, 0.15) is 0 Å². The van der Waals surface area contributed by atoms with Crippen LogP contribution in [-0.2, 0) is 4.74 Å². The van der Waals surface area contributed by atoms with Crippen LogP contribution in [0.15, 0.2) is 18.3 Å². The molecule has 0 radical (unpaired) electrons. The molecule has 2 aromatic rings. The van der Waals surface area contributed by atoms with E-state index in [2.05, 4.69) is 4.98 Å². The van der Waals surface area contributed by atoms with Crippen LogP contribution in [0.4, 0.5) is 0 Å². The van der Waals surface area contributed by atoms with Gasteiger partial charge < -0.3 is 9.72 Å². The fourth-order valence-electron chi connectivity index (χ4n) is 2.70. The molecule has 0 aliphatic carbocycles. The number of ether oxygens (including phenoxy) is 1. The molecule has 1 aromatic heterocycles. The molecule has 5 heteroatoms. The normalized spacial score (nSPS) is 18.8. The predicted molar refractivity (Wildman–Crippen MR) is 80.9 cm³/mol. The van der Waals surface area contributed by atoms with Gasteiger partial charge in [0, 0.05) is 40.7 Å². The minimum atomic E-state index is 0.0935. The largest absolute Gasteiger partial charge is 0.378 e. The Hall–Kier alpha value is -1.03. The number of rotatable bonds is 4. The van der Waals surface area contributed by atoms with E-state index in [1.807, 2.05) is 0 Å². The summed E-state index contributed by atoms with van der Waals surface area (Å²) in [5.41, 5.74) is 1.43. The molecule has 0 saturated carbocycles. The number of Topliss-reactive ketones (excluding diaryl/α,β-unsaturated/α-hetero) is 1. The minimum absolute atomic E-state index is 0.0935. The fraction of sp³-hybridized carbons (Fsp3) is 0.400. The lowest BCUT2D eigenvalue weighted by Gasteiger charge is -2.08. The van der Waals surface area contributed by atoms with Gasteiger partial charge in [0.15, 0.2) is 5.78 Å². The average molecular weight is 312 g/mol. The molecule has 3 rings (SSSR count). The van der Waals surface area contributed by atoms with Crippen molar-refractivity contribution in [1.82, 2.24) is 4.98 Å². The van der Waals surface area contributed by atoms with E-state index in [4.69, 9.17) is 27.9 Å². The lowest BCUT2D eigenvalue weighted by atomic mass is 10.0. The number of H-pyrrole nitrogens is 1. The maximum absolute atomic E-state index is 12.3. The lowest BCUT2D eigenvalue weighted by molar-refractivity contribution is 0.0860. The van der Waals surface area contributed by atoms with E-state index in [1.165, 1.54) is 0 Å². The Balaban J connectivity index is 1.80. The smallest absolute Gasteiger partial charge is 0.165 e. The second-order valence-corrected chi connectivity index (χ2v) is 5.95. The average Bonchev–Trinajstić information content (AvgIpc) is 3.04. The molecule has 1 aliphatic rings. The number of carbonyl (C=O) groups is 1. The summed E-state index contributed by atoms with van der Waals surface area (Å²) in [4.78, 5) is 15.4. The maximum Gasteiger partial charge on any atom is 0.165 e. The Morgan fingerprint density at radius 2 is 2.25 bits per heavy atom. The number of aromatic nitrogens is 1. The monoisotopic (exact) mass is 311 g/mol. The first-order chi connectivity index (χ1) is 9.65. The van der Waals surface area contributed by atoms with Gasteiger partial charge in [-0.05, 0) is 31.4 Å². The van der Waals surface area contributed by atoms with Gasteiger partial charge in [-0.2, -0.15) is 0 Å². The summed E-state index contributed by atoms with van der Waals surface area (Å²) in [7, 11) is 0. The molecule has 0 bridgehead atoms. The lowest BCUT2D eigenvalue weighted by Crippen LogP contribution is -2.08. The second-order valence-electron chi connectivity index (χ2n) is 5.11. The molecule has 1 aliphatic heterocycles. The van der Waals surface area contributed by atoms with E-state index in [9.17, 15) is 4.79 Å². The van der Waals surface area contributed by atoms with E-state index in [-0.39, 0.29) is 11.9 Å². The molecule has 0 spiro atoms. The zero-order valence-corrected chi connectivity index (χ0v) is 12.4. The summed E-state index contributed by atoms with van der Waals surface area (Å²) in [6, 6.07) is 3.44. The number of aromatic amines is 1. The van der Waals surface area contributed by atoms with Crippen molar-refractivity contribution in [2.75, 3.05) is 6.61 Å². The molecule has 1 N–H and O–H groups in total. The van der Waals surface area contributed by atoms with Crippen LogP contribution in [0.25, 0.3) is 10.9 Å². The first-order valence-electron chi connectivity index (χ1n) is 6.76. The third-order valence-corrected chi connectivity index (χ3v) is 4.23. The van der Waals surface area contributed by atoms with Gasteiger partial charge in [0.25, 0.3) is 0 Å². The van der Waals surface area contributed by atoms with Crippen LogP contribution in [0.3, 0.4) is 0 Å². The Morgan fingerprint density at radius 1 is 1.40 bits per heavy atom. The van der Waals surface area contributed by atoms with Crippen molar-refractivity contribution in [2.24, 2.45) is 0 Å². The van der Waals surface area contributed by atoms with Crippen molar-refractivity contribution >= 4 is 39.9 Å². The topological polar surface area (TPSA) is 42.1 Å². The van der Waals surface area contributed by atoms with Crippen molar-refractivity contribution in [3.05, 3.63) is 33.9 Å². The SMILES string of the molecule is O=C(CCC1CCCO1)c1c[nH]c2cc(Cl)cc(Cl)c12. The molecule has 106 valence electrons. The van der Waals surface area contributed by atoms with Crippen LogP contribution < -0.4 is 0 Å². The number of halogens is 2. The first-order valence-corrected chi connectivity index (χ1v) is 7.51. The molecule has 3 nitrogen and oxygen atoms in total. The minimum Gasteiger partial charge on any atom is -0.378 e. The summed E-state index contributed by atoms with van der Waals surface area (Å²) in [6.45, 7) is 0.816. The Labute approximate surface area is 127 Å². The van der Waals surface area contributed by atoms with Crippen LogP contribution in [0.1, 0.15) is 36.0 Å². The molecule has 0 amide bonds. The summed E-state index contributed by atoms with van der Waals surface area (Å²) >= 11 is 12.2. The number of nitrogens with one attached hydrogen (secondary N) is 1. The Bertz CT molecular complexity index is 645. The standard InChI is InChI=1S/C15H15Cl2NO2/c16-9-6-12(17)15-11(8-18-13(15)7-9)14(19)4-3-10-2-1-5-20-10/h6-8,10,18H,1-5H2. The predicted octanol–water partition coefficient (Wildman–Crippen LogP) is 4.62. The van der Waals surface area contributed by atoms with E-state index in [0.29, 0.717) is 22.0 Å². The molecule has 1 unspecified atom stereocenters. The highest BCUT2D eigenvalue weighted by atomic mass is 35.5. The quantitative estimate of drug-likeness (QED) is 0.837. The van der Waals surface area contributed by atoms with Crippen LogP contribution in [-0.4, -0.2) is 23.5 Å². The van der Waals surface area contributed by atoms with Crippen LogP contribution >= 0.6 is 23.2 Å². The molecule has 2 heterocycles. The van der Waals surface area contributed by atoms with Gasteiger partial charge in [-0.1, -0.05) is 23.2 Å². The van der Waals surface area contributed by atoms with Gasteiger partial charge in [-0.15, -0.1) is 0 Å². The molecule has 1 aromatic carbocycles. The molecular weight excluding hydrogens is 297 g/mol. The van der Waals surface area contributed by atoms with Crippen LogP contribution in [0.5, 0.6) is 0 Å². The van der Waals surface area contributed by atoms with Crippen molar-refractivity contribution < 1.29 is 9.53 Å². The summed E-state index contributed by atoms with van der Waals surface area (Å²) in [6.07, 6.45) is 5.35. The highest BCUT2D eigenvalue weighted by Gasteiger charge is 2.19. The molecular formula is C15H15Cl2NO2. The number of benzene rings is 1. The van der Waals surface area contributed by atoms with E-state index < -0.39 is 0 Å². The summed E-state index contributed by atoms with van der Waals surface area (Å²) in [5.74, 6) is 0.0935. The molecule has 1 saturated heterocycles. The maximum atomic E-state index is 12.3. The van der Waals surface area contributed by atoms with Crippen molar-refractivity contribution in [3.63, 3.8) is 0 Å². The first kappa shape index (κ1) is 13.9. The van der Waals surface area contributed by atoms with Crippen molar-refractivity contribution in [1.29, 1.82) is 0 Å². The fourth-order valence-corrected chi connectivity index (χ4v) is 3.30. The second kappa shape index (κ2) is 5.76. The number of fused-ring (bicyclic) bond motifs is 1. The summed E-state index contributed by atoms with van der Waals surface area (Å²) in [5, 5.41) is 1.82. The van der Waals surface area contributed by atoms with Crippen molar-refractivity contribution in [3.8, 4) is 0 Å². The van der Waals surface area contributed by atoms with Gasteiger partial charge in [0.05, 0.1) is 11.1 Å². The van der Waals surface area contributed by atoms with E-state index in [0.717, 1.165) is 36.8 Å². The highest BCUT2D eigenvalue weighted by molar-refractivity contribution is 6.39. The molecule has 1 atom stereocenters. The van der Waals surface area contributed by atoms with Crippen LogP contribution in [0, 0.1) is 0 Å². The Kier molecular flexibility index (Phi) is 4.01. The van der Waals surface area contributed by atoms with Gasteiger partial charge in [0.2, 0.25) is 0 Å². The molecule has 1 fully saturated rings. The van der Waals surface area contributed by atoms with Gasteiger partial charge in [-0.25, -0.2) is 0 Å². The highest BCUT2D eigenvalue weighted by Crippen LogP contribution is 2.31. The number of carbonyl (C=O) groups excluding carboxylic acids is 1. The van der Waals surface area contributed by atoms with Gasteiger partial charge in [-0.3, -0.25) is 4.79 Å². The Morgan fingerprint density at radius 3 is 3.00 bits per heavy atom. The van der Waals surface area contributed by atoms with Crippen LogP contribution in [0.2, 0.25) is 10.0 Å². The van der Waals surface area contributed by atoms with Gasteiger partial charge >= 0.3 is 0 Å². The van der Waals surface area contributed by atoms with E-state index >= 15 is 0 Å². The third-order valence-electron chi connectivity index (χ3n) is 3.71. The zero-order valence-electron chi connectivity index (χ0n) is 10.9. The summed E-state index contributed by atoms with van der Waals surface area (Å²) < 4.78 is 5.54. The number of hydrogen-bond acceptors (Lipinski definition) is 2. The van der Waals surface area contributed by atoms with Crippen molar-refractivity contribution in [2.45, 2.75) is 31.8 Å². The number of ketones is 1. The molecule has 20 heavy (non-hydrogen) atoms. The van der Waals surface area contributed by atoms with E-state index in [1.54, 1.807) is 18.3 Å². The zero-order chi connectivity index (χ0) is 14.1. The number of hydrogen-bond donors (Lipinski definition) is 1.